The SMILES string of the molecule is CCOCC(=O)N1C[CH]NCC1. The standard InChI is InChI=1S/C8H15N2O2/c1-2-12-7-8(11)10-5-3-9-4-6-10/h3,9H,2,4-7H2,1H3. The van der Waals surface area contributed by atoms with Gasteiger partial charge in [-0.3, -0.25) is 4.79 Å². The van der Waals surface area contributed by atoms with Gasteiger partial charge in [-0.25, -0.2) is 0 Å². The van der Waals surface area contributed by atoms with Gasteiger partial charge < -0.3 is 15.0 Å². The number of ether oxygens (including phenoxy) is 1. The largest absolute Gasteiger partial charge is 0.372 e. The first-order chi connectivity index (χ1) is 5.84. The molecule has 4 nitrogen and oxygen atoms in total. The molecule has 1 saturated heterocycles. The Bertz CT molecular complexity index is 144. The molecule has 1 fully saturated rings. The van der Waals surface area contributed by atoms with Gasteiger partial charge in [0, 0.05) is 32.8 Å². The van der Waals surface area contributed by atoms with Crippen LogP contribution in [0.4, 0.5) is 0 Å². The minimum Gasteiger partial charge on any atom is -0.372 e. The lowest BCUT2D eigenvalue weighted by molar-refractivity contribution is -0.136. The number of nitrogens with zero attached hydrogens (tertiary/aromatic N) is 1. The van der Waals surface area contributed by atoms with Crippen LogP contribution in [0.15, 0.2) is 0 Å². The zero-order valence-corrected chi connectivity index (χ0v) is 7.38. The van der Waals surface area contributed by atoms with Gasteiger partial charge in [-0.15, -0.1) is 0 Å². The van der Waals surface area contributed by atoms with Crippen LogP contribution in [0.25, 0.3) is 0 Å². The van der Waals surface area contributed by atoms with Crippen molar-refractivity contribution in [3.8, 4) is 0 Å². The first kappa shape index (κ1) is 9.48. The van der Waals surface area contributed by atoms with E-state index in [1.165, 1.54) is 0 Å². The highest BCUT2D eigenvalue weighted by Crippen LogP contribution is 1.95. The van der Waals surface area contributed by atoms with Gasteiger partial charge in [0.2, 0.25) is 5.91 Å². The normalized spacial score (nSPS) is 17.9. The molecule has 0 aromatic carbocycles. The van der Waals surface area contributed by atoms with Crippen LogP contribution in [-0.2, 0) is 9.53 Å². The van der Waals surface area contributed by atoms with E-state index in [4.69, 9.17) is 4.74 Å². The van der Waals surface area contributed by atoms with E-state index in [0.717, 1.165) is 13.1 Å². The second kappa shape index (κ2) is 5.11. The molecular weight excluding hydrogens is 156 g/mol. The van der Waals surface area contributed by atoms with Crippen molar-refractivity contribution in [3.63, 3.8) is 0 Å². The van der Waals surface area contributed by atoms with Crippen molar-refractivity contribution in [3.05, 3.63) is 6.54 Å². The second-order valence-electron chi connectivity index (χ2n) is 2.64. The Balaban J connectivity index is 2.20. The van der Waals surface area contributed by atoms with Gasteiger partial charge >= 0.3 is 0 Å². The van der Waals surface area contributed by atoms with E-state index in [1.807, 2.05) is 13.5 Å². The topological polar surface area (TPSA) is 41.6 Å². The Morgan fingerprint density at radius 1 is 1.75 bits per heavy atom. The summed E-state index contributed by atoms with van der Waals surface area (Å²) in [6.45, 7) is 6.91. The van der Waals surface area contributed by atoms with Gasteiger partial charge in [-0.1, -0.05) is 0 Å². The van der Waals surface area contributed by atoms with Crippen molar-refractivity contribution in [1.82, 2.24) is 10.2 Å². The predicted molar refractivity (Wildman–Crippen MR) is 45.4 cm³/mol. The highest BCUT2D eigenvalue weighted by atomic mass is 16.5. The van der Waals surface area contributed by atoms with Gasteiger partial charge in [-0.2, -0.15) is 0 Å². The molecule has 1 heterocycles. The molecule has 69 valence electrons. The molecule has 0 aromatic heterocycles. The Morgan fingerprint density at radius 2 is 2.58 bits per heavy atom. The summed E-state index contributed by atoms with van der Waals surface area (Å²) in [7, 11) is 0. The summed E-state index contributed by atoms with van der Waals surface area (Å²) in [5, 5.41) is 3.07. The van der Waals surface area contributed by atoms with Crippen molar-refractivity contribution in [1.29, 1.82) is 0 Å². The van der Waals surface area contributed by atoms with E-state index in [2.05, 4.69) is 5.32 Å². The Morgan fingerprint density at radius 3 is 3.17 bits per heavy atom. The summed E-state index contributed by atoms with van der Waals surface area (Å²) in [6.07, 6.45) is 0. The Labute approximate surface area is 72.9 Å². The Kier molecular flexibility index (Phi) is 4.04. The van der Waals surface area contributed by atoms with Crippen LogP contribution in [0.5, 0.6) is 0 Å². The first-order valence-corrected chi connectivity index (χ1v) is 4.25. The molecule has 0 aromatic rings. The van der Waals surface area contributed by atoms with Crippen molar-refractivity contribution in [2.24, 2.45) is 0 Å². The van der Waals surface area contributed by atoms with Gasteiger partial charge in [0.1, 0.15) is 6.61 Å². The zero-order chi connectivity index (χ0) is 8.81. The summed E-state index contributed by atoms with van der Waals surface area (Å²) in [4.78, 5) is 13.1. The molecule has 1 rings (SSSR count). The van der Waals surface area contributed by atoms with E-state index in [0.29, 0.717) is 13.2 Å². The van der Waals surface area contributed by atoms with E-state index < -0.39 is 0 Å². The van der Waals surface area contributed by atoms with Crippen LogP contribution in [0.3, 0.4) is 0 Å². The Hall–Kier alpha value is -0.610. The number of hydrogen-bond donors (Lipinski definition) is 1. The van der Waals surface area contributed by atoms with E-state index in [1.54, 1.807) is 4.90 Å². The fourth-order valence-electron chi connectivity index (χ4n) is 1.07. The smallest absolute Gasteiger partial charge is 0.248 e. The van der Waals surface area contributed by atoms with Gasteiger partial charge in [0.15, 0.2) is 0 Å². The number of amides is 1. The molecule has 0 bridgehead atoms. The van der Waals surface area contributed by atoms with Crippen molar-refractivity contribution in [2.75, 3.05) is 32.8 Å². The molecule has 1 radical (unpaired) electrons. The van der Waals surface area contributed by atoms with E-state index >= 15 is 0 Å². The predicted octanol–water partition coefficient (Wildman–Crippen LogP) is -0.384. The average molecular weight is 171 g/mol. The van der Waals surface area contributed by atoms with E-state index in [-0.39, 0.29) is 12.5 Å². The highest BCUT2D eigenvalue weighted by molar-refractivity contribution is 5.77. The third-order valence-electron chi connectivity index (χ3n) is 1.76. The minimum absolute atomic E-state index is 0.0783. The third-order valence-corrected chi connectivity index (χ3v) is 1.76. The van der Waals surface area contributed by atoms with Gasteiger partial charge in [0.05, 0.1) is 0 Å². The fraction of sp³-hybridized carbons (Fsp3) is 0.750. The molecule has 0 atom stereocenters. The van der Waals surface area contributed by atoms with Crippen LogP contribution in [-0.4, -0.2) is 43.7 Å². The highest BCUT2D eigenvalue weighted by Gasteiger charge is 2.15. The van der Waals surface area contributed by atoms with E-state index in [9.17, 15) is 4.79 Å². The maximum absolute atomic E-state index is 11.3. The maximum Gasteiger partial charge on any atom is 0.248 e. The average Bonchev–Trinajstić information content (AvgIpc) is 2.15. The zero-order valence-electron chi connectivity index (χ0n) is 7.38. The van der Waals surface area contributed by atoms with Crippen molar-refractivity contribution in [2.45, 2.75) is 6.92 Å². The quantitative estimate of drug-likeness (QED) is 0.629. The van der Waals surface area contributed by atoms with Gasteiger partial charge in [-0.05, 0) is 6.92 Å². The first-order valence-electron chi connectivity index (χ1n) is 4.25. The number of carbonyl (C=O) groups excluding carboxylic acids is 1. The molecular formula is C8H15N2O2. The van der Waals surface area contributed by atoms with Crippen LogP contribution >= 0.6 is 0 Å². The lowest BCUT2D eigenvalue weighted by Crippen LogP contribution is -2.45. The van der Waals surface area contributed by atoms with Crippen molar-refractivity contribution >= 4 is 5.91 Å². The molecule has 1 aliphatic rings. The second-order valence-corrected chi connectivity index (χ2v) is 2.64. The van der Waals surface area contributed by atoms with Crippen LogP contribution in [0.1, 0.15) is 6.92 Å². The summed E-state index contributed by atoms with van der Waals surface area (Å²) < 4.78 is 5.02. The summed E-state index contributed by atoms with van der Waals surface area (Å²) in [5.74, 6) is 0.0783. The van der Waals surface area contributed by atoms with Crippen LogP contribution in [0, 0.1) is 6.54 Å². The minimum atomic E-state index is 0.0783. The monoisotopic (exact) mass is 171 g/mol. The fourth-order valence-corrected chi connectivity index (χ4v) is 1.07. The molecule has 0 aliphatic carbocycles. The number of rotatable bonds is 3. The molecule has 4 heteroatoms. The molecule has 0 spiro atoms. The number of hydrogen-bond acceptors (Lipinski definition) is 3. The molecule has 1 amide bonds. The number of nitrogens with one attached hydrogen (secondary N) is 1. The molecule has 0 unspecified atom stereocenters. The summed E-state index contributed by atoms with van der Waals surface area (Å²) >= 11 is 0. The summed E-state index contributed by atoms with van der Waals surface area (Å²) in [5.41, 5.74) is 0. The van der Waals surface area contributed by atoms with Crippen LogP contribution < -0.4 is 5.32 Å². The molecule has 1 aliphatic heterocycles. The van der Waals surface area contributed by atoms with Crippen molar-refractivity contribution < 1.29 is 9.53 Å². The maximum atomic E-state index is 11.3. The third kappa shape index (κ3) is 2.79. The summed E-state index contributed by atoms with van der Waals surface area (Å²) in [6, 6.07) is 0. The van der Waals surface area contributed by atoms with Crippen LogP contribution in [0.2, 0.25) is 0 Å². The lowest BCUT2D eigenvalue weighted by Gasteiger charge is -2.26. The molecule has 1 N–H and O–H groups in total. The molecule has 12 heavy (non-hydrogen) atoms. The number of carbonyl (C=O) groups is 1. The molecule has 0 saturated carbocycles. The van der Waals surface area contributed by atoms with Gasteiger partial charge in [0.25, 0.3) is 0 Å². The lowest BCUT2D eigenvalue weighted by atomic mass is 10.3. The number of piperazine rings is 1.